The molecule has 0 saturated carbocycles. The van der Waals surface area contributed by atoms with Crippen LogP contribution in [0.1, 0.15) is 29.7 Å². The zero-order valence-corrected chi connectivity index (χ0v) is 19.0. The number of hydrogen-bond donors (Lipinski definition) is 0. The Morgan fingerprint density at radius 2 is 1.80 bits per heavy atom. The highest BCUT2D eigenvalue weighted by Gasteiger charge is 2.27. The van der Waals surface area contributed by atoms with Gasteiger partial charge in [0.05, 0.1) is 12.2 Å². The number of aryl methyl sites for hydroxylation is 1. The Bertz CT molecular complexity index is 943. The van der Waals surface area contributed by atoms with Crippen LogP contribution in [0, 0.1) is 12.8 Å². The minimum atomic E-state index is -0.0772. The summed E-state index contributed by atoms with van der Waals surface area (Å²) in [4.78, 5) is 28.1. The van der Waals surface area contributed by atoms with Crippen LogP contribution in [0.4, 0.5) is 0 Å². The molecule has 0 spiro atoms. The van der Waals surface area contributed by atoms with Crippen LogP contribution in [0.2, 0.25) is 10.2 Å². The third-order valence-corrected chi connectivity index (χ3v) is 5.99. The van der Waals surface area contributed by atoms with Crippen molar-refractivity contribution in [1.82, 2.24) is 19.6 Å². The summed E-state index contributed by atoms with van der Waals surface area (Å²) in [6, 6.07) is 7.52. The van der Waals surface area contributed by atoms with Gasteiger partial charge in [-0.2, -0.15) is 5.10 Å². The van der Waals surface area contributed by atoms with E-state index in [1.807, 2.05) is 31.2 Å². The maximum Gasteiger partial charge on any atom is 0.246 e. The summed E-state index contributed by atoms with van der Waals surface area (Å²) in [6.45, 7) is 3.55. The number of piperidine rings is 1. The van der Waals surface area contributed by atoms with Crippen molar-refractivity contribution < 1.29 is 9.59 Å². The highest BCUT2D eigenvalue weighted by molar-refractivity contribution is 6.31. The second-order valence-corrected chi connectivity index (χ2v) is 8.53. The van der Waals surface area contributed by atoms with E-state index in [1.54, 1.807) is 34.7 Å². The molecular formula is C22H26Cl2N4O2. The Morgan fingerprint density at radius 1 is 1.17 bits per heavy atom. The van der Waals surface area contributed by atoms with Crippen molar-refractivity contribution in [3.63, 3.8) is 0 Å². The number of rotatable bonds is 5. The van der Waals surface area contributed by atoms with Gasteiger partial charge in [0.25, 0.3) is 0 Å². The lowest BCUT2D eigenvalue weighted by molar-refractivity contribution is -0.137. The van der Waals surface area contributed by atoms with Crippen LogP contribution in [0.25, 0.3) is 6.08 Å². The number of halogens is 2. The molecule has 1 aromatic heterocycles. The molecule has 6 nitrogen and oxygen atoms in total. The standard InChI is InChI=1S/C22H26Cl2N4O2/c1-15-19(21(24)28(25-15)14-16-4-6-18(23)7-5-16)8-9-20(29)27-12-10-17(11-13-27)22(30)26(2)3/h4-9,17H,10-14H2,1-3H3/b9-8+. The molecule has 1 fully saturated rings. The maximum atomic E-state index is 12.6. The third kappa shape index (κ3) is 5.24. The first-order chi connectivity index (χ1) is 14.3. The molecule has 1 aliphatic rings. The first kappa shape index (κ1) is 22.4. The molecule has 1 aliphatic heterocycles. The highest BCUT2D eigenvalue weighted by Crippen LogP contribution is 2.24. The SMILES string of the molecule is Cc1nn(Cc2ccc(Cl)cc2)c(Cl)c1/C=C/C(=O)N1CCC(C(=O)N(C)C)CC1. The highest BCUT2D eigenvalue weighted by atomic mass is 35.5. The van der Waals surface area contributed by atoms with Crippen LogP contribution in [0.5, 0.6) is 0 Å². The lowest BCUT2D eigenvalue weighted by atomic mass is 9.95. The van der Waals surface area contributed by atoms with E-state index in [0.29, 0.717) is 42.7 Å². The molecule has 0 aliphatic carbocycles. The molecule has 3 rings (SSSR count). The van der Waals surface area contributed by atoms with Crippen molar-refractivity contribution in [1.29, 1.82) is 0 Å². The van der Waals surface area contributed by atoms with Crippen molar-refractivity contribution in [3.8, 4) is 0 Å². The number of nitrogens with zero attached hydrogens (tertiary/aromatic N) is 4. The van der Waals surface area contributed by atoms with Crippen molar-refractivity contribution >= 4 is 41.1 Å². The molecular weight excluding hydrogens is 423 g/mol. The summed E-state index contributed by atoms with van der Waals surface area (Å²) in [5.74, 6) is 0.0515. The van der Waals surface area contributed by atoms with Gasteiger partial charge in [-0.05, 0) is 43.5 Å². The van der Waals surface area contributed by atoms with Gasteiger partial charge in [-0.3, -0.25) is 9.59 Å². The molecule has 0 radical (unpaired) electrons. The zero-order valence-electron chi connectivity index (χ0n) is 17.4. The van der Waals surface area contributed by atoms with E-state index in [9.17, 15) is 9.59 Å². The fourth-order valence-corrected chi connectivity index (χ4v) is 4.02. The molecule has 1 aromatic carbocycles. The van der Waals surface area contributed by atoms with Crippen LogP contribution >= 0.6 is 23.2 Å². The maximum absolute atomic E-state index is 12.6. The Kier molecular flexibility index (Phi) is 7.21. The van der Waals surface area contributed by atoms with Crippen LogP contribution < -0.4 is 0 Å². The molecule has 2 heterocycles. The average molecular weight is 449 g/mol. The fourth-order valence-electron chi connectivity index (χ4n) is 3.60. The lowest BCUT2D eigenvalue weighted by Gasteiger charge is -2.31. The molecule has 1 saturated heterocycles. The average Bonchev–Trinajstić information content (AvgIpc) is 3.00. The molecule has 2 aromatic rings. The van der Waals surface area contributed by atoms with Crippen molar-refractivity contribution in [2.45, 2.75) is 26.3 Å². The van der Waals surface area contributed by atoms with Gasteiger partial charge >= 0.3 is 0 Å². The van der Waals surface area contributed by atoms with Gasteiger partial charge in [0, 0.05) is 49.8 Å². The van der Waals surface area contributed by atoms with Gasteiger partial charge in [-0.15, -0.1) is 0 Å². The Morgan fingerprint density at radius 3 is 2.40 bits per heavy atom. The topological polar surface area (TPSA) is 58.4 Å². The number of likely N-dealkylation sites (tertiary alicyclic amines) is 1. The smallest absolute Gasteiger partial charge is 0.246 e. The number of benzene rings is 1. The summed E-state index contributed by atoms with van der Waals surface area (Å²) in [7, 11) is 3.53. The van der Waals surface area contributed by atoms with E-state index in [2.05, 4.69) is 5.10 Å². The summed E-state index contributed by atoms with van der Waals surface area (Å²) < 4.78 is 1.71. The van der Waals surface area contributed by atoms with E-state index in [0.717, 1.165) is 16.8 Å². The number of aromatic nitrogens is 2. The third-order valence-electron chi connectivity index (χ3n) is 5.34. The Hall–Kier alpha value is -2.31. The number of carbonyl (C=O) groups excluding carboxylic acids is 2. The first-order valence-electron chi connectivity index (χ1n) is 9.91. The summed E-state index contributed by atoms with van der Waals surface area (Å²) in [6.07, 6.45) is 4.64. The monoisotopic (exact) mass is 448 g/mol. The van der Waals surface area contributed by atoms with Gasteiger partial charge in [-0.1, -0.05) is 35.3 Å². The molecule has 8 heteroatoms. The van der Waals surface area contributed by atoms with Gasteiger partial charge in [0.1, 0.15) is 5.15 Å². The van der Waals surface area contributed by atoms with Crippen LogP contribution in [-0.4, -0.2) is 58.6 Å². The van der Waals surface area contributed by atoms with E-state index in [4.69, 9.17) is 23.2 Å². The van der Waals surface area contributed by atoms with E-state index < -0.39 is 0 Å². The Labute approximate surface area is 187 Å². The summed E-state index contributed by atoms with van der Waals surface area (Å²) in [5.41, 5.74) is 2.52. The molecule has 0 unspecified atom stereocenters. The molecule has 160 valence electrons. The molecule has 2 amide bonds. The minimum absolute atomic E-state index is 0.00387. The molecule has 0 bridgehead atoms. The van der Waals surface area contributed by atoms with Gasteiger partial charge in [0.2, 0.25) is 11.8 Å². The molecule has 30 heavy (non-hydrogen) atoms. The van der Waals surface area contributed by atoms with Crippen LogP contribution in [0.3, 0.4) is 0 Å². The van der Waals surface area contributed by atoms with Crippen LogP contribution in [-0.2, 0) is 16.1 Å². The van der Waals surface area contributed by atoms with E-state index in [1.165, 1.54) is 6.08 Å². The van der Waals surface area contributed by atoms with Crippen molar-refractivity contribution in [2.75, 3.05) is 27.2 Å². The van der Waals surface area contributed by atoms with E-state index >= 15 is 0 Å². The quantitative estimate of drug-likeness (QED) is 0.651. The zero-order chi connectivity index (χ0) is 21.8. The summed E-state index contributed by atoms with van der Waals surface area (Å²) in [5, 5.41) is 5.66. The van der Waals surface area contributed by atoms with Crippen LogP contribution in [0.15, 0.2) is 30.3 Å². The molecule has 0 N–H and O–H groups in total. The van der Waals surface area contributed by atoms with Gasteiger partial charge in [-0.25, -0.2) is 4.68 Å². The normalized spacial score (nSPS) is 15.0. The summed E-state index contributed by atoms with van der Waals surface area (Å²) >= 11 is 12.5. The number of amides is 2. The van der Waals surface area contributed by atoms with E-state index in [-0.39, 0.29) is 17.7 Å². The van der Waals surface area contributed by atoms with Crippen molar-refractivity contribution in [3.05, 3.63) is 57.3 Å². The first-order valence-corrected chi connectivity index (χ1v) is 10.7. The number of hydrogen-bond acceptors (Lipinski definition) is 3. The van der Waals surface area contributed by atoms with Gasteiger partial charge in [0.15, 0.2) is 0 Å². The Balaban J connectivity index is 1.63. The van der Waals surface area contributed by atoms with Crippen molar-refractivity contribution in [2.24, 2.45) is 5.92 Å². The van der Waals surface area contributed by atoms with Gasteiger partial charge < -0.3 is 9.80 Å². The second-order valence-electron chi connectivity index (χ2n) is 7.74. The fraction of sp³-hybridized carbons (Fsp3) is 0.409. The molecule has 0 atom stereocenters. The second kappa shape index (κ2) is 9.67. The number of carbonyl (C=O) groups is 2. The largest absolute Gasteiger partial charge is 0.349 e. The minimum Gasteiger partial charge on any atom is -0.349 e. The predicted molar refractivity (Wildman–Crippen MR) is 120 cm³/mol. The predicted octanol–water partition coefficient (Wildman–Crippen LogP) is 3.89. The lowest BCUT2D eigenvalue weighted by Crippen LogP contribution is -2.42.